The Kier molecular flexibility index (Phi) is 7.96. The largest absolute Gasteiger partial charge is 0.490 e. The van der Waals surface area contributed by atoms with Gasteiger partial charge in [0, 0.05) is 37.3 Å². The number of aryl methyl sites for hydroxylation is 1. The molecule has 0 fully saturated rings. The lowest BCUT2D eigenvalue weighted by Crippen LogP contribution is -2.42. The maximum Gasteiger partial charge on any atom is 0.490 e. The molecule has 2 aromatic rings. The number of nitrogens with one attached hydrogen (secondary N) is 1. The highest BCUT2D eigenvalue weighted by molar-refractivity contribution is 7.09. The molecule has 1 amide bonds. The molecule has 0 bridgehead atoms. The van der Waals surface area contributed by atoms with Crippen LogP contribution < -0.4 is 5.32 Å². The van der Waals surface area contributed by atoms with Crippen LogP contribution in [0.1, 0.15) is 47.5 Å². The van der Waals surface area contributed by atoms with Crippen molar-refractivity contribution in [2.45, 2.75) is 52.0 Å². The van der Waals surface area contributed by atoms with Gasteiger partial charge in [0.15, 0.2) is 0 Å². The molecular weight excluding hydrogens is 423 g/mol. The molecule has 2 aromatic heterocycles. The van der Waals surface area contributed by atoms with Crippen molar-refractivity contribution in [2.24, 2.45) is 0 Å². The number of fused-ring (bicyclic) bond motifs is 1. The van der Waals surface area contributed by atoms with Crippen molar-refractivity contribution in [1.82, 2.24) is 25.0 Å². The van der Waals surface area contributed by atoms with E-state index in [0.717, 1.165) is 24.5 Å². The van der Waals surface area contributed by atoms with Crippen molar-refractivity contribution >= 4 is 23.2 Å². The quantitative estimate of drug-likeness (QED) is 0.731. The molecule has 12 heteroatoms. The van der Waals surface area contributed by atoms with Crippen LogP contribution in [0.4, 0.5) is 13.2 Å². The van der Waals surface area contributed by atoms with Crippen molar-refractivity contribution in [3.05, 3.63) is 34.0 Å². The second-order valence-electron chi connectivity index (χ2n) is 7.04. The first-order chi connectivity index (χ1) is 14.0. The number of carboxylic acids is 1. The summed E-state index contributed by atoms with van der Waals surface area (Å²) in [6.45, 7) is 8.88. The Labute approximate surface area is 175 Å². The number of alkyl halides is 3. The van der Waals surface area contributed by atoms with Crippen LogP contribution in [-0.2, 0) is 11.3 Å². The molecule has 0 aliphatic carbocycles. The number of aromatic nitrogens is 3. The zero-order valence-corrected chi connectivity index (χ0v) is 17.6. The van der Waals surface area contributed by atoms with Crippen LogP contribution in [0.15, 0.2) is 17.6 Å². The third-order valence-electron chi connectivity index (χ3n) is 4.50. The van der Waals surface area contributed by atoms with E-state index in [1.54, 1.807) is 5.38 Å². The normalized spacial score (nSPS) is 16.6. The predicted molar refractivity (Wildman–Crippen MR) is 104 cm³/mol. The van der Waals surface area contributed by atoms with Crippen LogP contribution in [-0.4, -0.2) is 62.0 Å². The molecule has 0 radical (unpaired) electrons. The summed E-state index contributed by atoms with van der Waals surface area (Å²) < 4.78 is 33.8. The van der Waals surface area contributed by atoms with Gasteiger partial charge in [0.1, 0.15) is 5.69 Å². The van der Waals surface area contributed by atoms with Crippen LogP contribution in [0, 0.1) is 6.92 Å². The standard InChI is InChI=1S/C16H23N5OS.C2HF3O2/c1-11(2)20-8-13(21-14(9-20)5-7-18-21)4-6-17-16(22)15-10-23-12(3)19-15;3-2(4,5)1(6)7/h5,7,10-11,13H,4,6,8-9H2,1-3H3,(H,17,22);(H,6,7). The maximum absolute atomic E-state index is 12.1. The summed E-state index contributed by atoms with van der Waals surface area (Å²) in [6, 6.07) is 2.89. The minimum Gasteiger partial charge on any atom is -0.475 e. The minimum absolute atomic E-state index is 0.0911. The SMILES string of the molecule is Cc1nc(C(=O)NCCC2CN(C(C)C)Cc3ccnn32)cs1.O=C(O)C(F)(F)F. The lowest BCUT2D eigenvalue weighted by atomic mass is 10.1. The van der Waals surface area contributed by atoms with E-state index < -0.39 is 12.1 Å². The highest BCUT2D eigenvalue weighted by atomic mass is 32.1. The minimum atomic E-state index is -5.08. The molecular formula is C18H24F3N5O3S. The number of carbonyl (C=O) groups is 2. The summed E-state index contributed by atoms with van der Waals surface area (Å²) in [5.74, 6) is -2.85. The number of aliphatic carboxylic acids is 1. The van der Waals surface area contributed by atoms with E-state index >= 15 is 0 Å². The van der Waals surface area contributed by atoms with Gasteiger partial charge in [-0.15, -0.1) is 11.3 Å². The molecule has 0 saturated heterocycles. The third kappa shape index (κ3) is 6.52. The van der Waals surface area contributed by atoms with Crippen LogP contribution in [0.25, 0.3) is 0 Å². The van der Waals surface area contributed by atoms with Crippen molar-refractivity contribution in [3.8, 4) is 0 Å². The number of hydrogen-bond donors (Lipinski definition) is 2. The van der Waals surface area contributed by atoms with Gasteiger partial charge >= 0.3 is 12.1 Å². The molecule has 0 spiro atoms. The second-order valence-corrected chi connectivity index (χ2v) is 8.11. The first kappa shape index (κ1) is 23.8. The average Bonchev–Trinajstić information content (AvgIpc) is 3.29. The molecule has 2 N–H and O–H groups in total. The zero-order valence-electron chi connectivity index (χ0n) is 16.8. The average molecular weight is 447 g/mol. The van der Waals surface area contributed by atoms with Gasteiger partial charge < -0.3 is 10.4 Å². The number of thiazole rings is 1. The summed E-state index contributed by atoms with van der Waals surface area (Å²) in [6.07, 6.45) is -2.35. The smallest absolute Gasteiger partial charge is 0.475 e. The summed E-state index contributed by atoms with van der Waals surface area (Å²) in [5, 5.41) is 17.3. The highest BCUT2D eigenvalue weighted by Crippen LogP contribution is 2.24. The molecule has 0 saturated carbocycles. The number of rotatable bonds is 5. The number of carbonyl (C=O) groups excluding carboxylic acids is 1. The van der Waals surface area contributed by atoms with Gasteiger partial charge in [-0.1, -0.05) is 0 Å². The summed E-state index contributed by atoms with van der Waals surface area (Å²) >= 11 is 1.50. The first-order valence-electron chi connectivity index (χ1n) is 9.26. The number of carboxylic acid groups (broad SMARTS) is 1. The van der Waals surface area contributed by atoms with E-state index in [-0.39, 0.29) is 5.91 Å². The van der Waals surface area contributed by atoms with Crippen LogP contribution in [0.2, 0.25) is 0 Å². The summed E-state index contributed by atoms with van der Waals surface area (Å²) in [7, 11) is 0. The van der Waals surface area contributed by atoms with E-state index in [0.29, 0.717) is 24.3 Å². The van der Waals surface area contributed by atoms with Gasteiger partial charge in [0.2, 0.25) is 0 Å². The van der Waals surface area contributed by atoms with E-state index in [4.69, 9.17) is 9.90 Å². The summed E-state index contributed by atoms with van der Waals surface area (Å²) in [4.78, 5) is 27.6. The van der Waals surface area contributed by atoms with Gasteiger partial charge in [-0.2, -0.15) is 18.3 Å². The lowest BCUT2D eigenvalue weighted by Gasteiger charge is -2.36. The molecule has 8 nitrogen and oxygen atoms in total. The van der Waals surface area contributed by atoms with Gasteiger partial charge in [-0.25, -0.2) is 9.78 Å². The van der Waals surface area contributed by atoms with Crippen molar-refractivity contribution in [1.29, 1.82) is 0 Å². The monoisotopic (exact) mass is 447 g/mol. The number of halogens is 3. The Hall–Kier alpha value is -2.47. The zero-order chi connectivity index (χ0) is 22.5. The van der Waals surface area contributed by atoms with Gasteiger partial charge in [0.05, 0.1) is 16.7 Å². The molecule has 3 heterocycles. The Morgan fingerprint density at radius 3 is 2.60 bits per heavy atom. The maximum atomic E-state index is 12.1. The fourth-order valence-corrected chi connectivity index (χ4v) is 3.53. The molecule has 3 rings (SSSR count). The predicted octanol–water partition coefficient (Wildman–Crippen LogP) is 2.87. The Balaban J connectivity index is 0.000000396. The lowest BCUT2D eigenvalue weighted by molar-refractivity contribution is -0.192. The van der Waals surface area contributed by atoms with Crippen molar-refractivity contribution in [2.75, 3.05) is 13.1 Å². The van der Waals surface area contributed by atoms with E-state index in [2.05, 4.69) is 44.9 Å². The fourth-order valence-electron chi connectivity index (χ4n) is 2.93. The van der Waals surface area contributed by atoms with E-state index in [1.807, 2.05) is 13.1 Å². The van der Waals surface area contributed by atoms with Crippen LogP contribution >= 0.6 is 11.3 Å². The third-order valence-corrected chi connectivity index (χ3v) is 5.27. The second kappa shape index (κ2) is 10.0. The van der Waals surface area contributed by atoms with Gasteiger partial charge in [-0.3, -0.25) is 14.4 Å². The van der Waals surface area contributed by atoms with Crippen molar-refractivity contribution in [3.63, 3.8) is 0 Å². The number of hydrogen-bond acceptors (Lipinski definition) is 6. The number of amides is 1. The summed E-state index contributed by atoms with van der Waals surface area (Å²) in [5.41, 5.74) is 1.76. The van der Waals surface area contributed by atoms with E-state index in [1.165, 1.54) is 17.0 Å². The highest BCUT2D eigenvalue weighted by Gasteiger charge is 2.38. The van der Waals surface area contributed by atoms with Crippen LogP contribution in [0.3, 0.4) is 0 Å². The molecule has 166 valence electrons. The first-order valence-corrected chi connectivity index (χ1v) is 10.1. The van der Waals surface area contributed by atoms with Crippen molar-refractivity contribution < 1.29 is 27.9 Å². The van der Waals surface area contributed by atoms with E-state index in [9.17, 15) is 18.0 Å². The molecule has 30 heavy (non-hydrogen) atoms. The fraction of sp³-hybridized carbons (Fsp3) is 0.556. The van der Waals surface area contributed by atoms with Crippen LogP contribution in [0.5, 0.6) is 0 Å². The molecule has 1 unspecified atom stereocenters. The molecule has 0 aromatic carbocycles. The Bertz CT molecular complexity index is 865. The van der Waals surface area contributed by atoms with Gasteiger partial charge in [0.25, 0.3) is 5.91 Å². The number of nitrogens with zero attached hydrogens (tertiary/aromatic N) is 4. The van der Waals surface area contributed by atoms with Gasteiger partial charge in [-0.05, 0) is 33.3 Å². The topological polar surface area (TPSA) is 100 Å². The Morgan fingerprint density at radius 2 is 2.07 bits per heavy atom. The Morgan fingerprint density at radius 1 is 1.40 bits per heavy atom. The molecule has 1 atom stereocenters. The molecule has 1 aliphatic rings. The molecule has 1 aliphatic heterocycles.